The number of benzene rings is 1. The van der Waals surface area contributed by atoms with E-state index in [2.05, 4.69) is 16.0 Å². The van der Waals surface area contributed by atoms with Crippen molar-refractivity contribution in [1.29, 1.82) is 0 Å². The van der Waals surface area contributed by atoms with E-state index >= 15 is 0 Å². The van der Waals surface area contributed by atoms with Crippen LogP contribution < -0.4 is 4.90 Å². The van der Waals surface area contributed by atoms with E-state index in [0.29, 0.717) is 10.7 Å². The summed E-state index contributed by atoms with van der Waals surface area (Å²) in [5.41, 5.74) is 1.78. The van der Waals surface area contributed by atoms with Crippen molar-refractivity contribution in [3.8, 4) is 0 Å². The molecule has 1 aromatic carbocycles. The Balaban J connectivity index is 1.33. The van der Waals surface area contributed by atoms with Gasteiger partial charge in [-0.15, -0.1) is 23.1 Å². The molecule has 2 amide bonds. The van der Waals surface area contributed by atoms with Gasteiger partial charge in [-0.3, -0.25) is 19.5 Å². The molecular formula is C24H18ClN3O2S3. The van der Waals surface area contributed by atoms with Gasteiger partial charge in [0.25, 0.3) is 0 Å². The molecule has 166 valence electrons. The highest BCUT2D eigenvalue weighted by molar-refractivity contribution is 8.00. The number of amides is 2. The monoisotopic (exact) mass is 511 g/mol. The minimum Gasteiger partial charge on any atom is -0.332 e. The van der Waals surface area contributed by atoms with Crippen molar-refractivity contribution >= 4 is 64.4 Å². The Morgan fingerprint density at radius 1 is 1.09 bits per heavy atom. The summed E-state index contributed by atoms with van der Waals surface area (Å²) in [7, 11) is 0. The minimum absolute atomic E-state index is 0.0548. The number of nitrogens with zero attached hydrogens (tertiary/aromatic N) is 2. The largest absolute Gasteiger partial charge is 0.332 e. The predicted molar refractivity (Wildman–Crippen MR) is 131 cm³/mol. The third-order valence-electron chi connectivity index (χ3n) is 7.85. The summed E-state index contributed by atoms with van der Waals surface area (Å²) in [5.74, 6) is 0.153. The molecule has 2 aliphatic heterocycles. The quantitative estimate of drug-likeness (QED) is 0.362. The lowest BCUT2D eigenvalue weighted by molar-refractivity contribution is -0.123. The Morgan fingerprint density at radius 2 is 1.85 bits per heavy atom. The number of carbonyl (C=O) groups is 2. The molecule has 1 saturated heterocycles. The van der Waals surface area contributed by atoms with E-state index in [9.17, 15) is 9.59 Å². The summed E-state index contributed by atoms with van der Waals surface area (Å²) >= 11 is 15.0. The topological polar surface area (TPSA) is 66.1 Å². The molecule has 7 rings (SSSR count). The van der Waals surface area contributed by atoms with Crippen LogP contribution >= 0.6 is 46.9 Å². The van der Waals surface area contributed by atoms with Crippen LogP contribution in [-0.2, 0) is 9.59 Å². The molecule has 3 aromatic rings. The molecule has 2 aliphatic carbocycles. The molecular weight excluding hydrogens is 494 g/mol. The number of carbonyl (C=O) groups excluding carboxylic acids is 2. The summed E-state index contributed by atoms with van der Waals surface area (Å²) in [5, 5.41) is 1.98. The van der Waals surface area contributed by atoms with Gasteiger partial charge < -0.3 is 4.98 Å². The molecule has 2 aromatic heterocycles. The fourth-order valence-corrected chi connectivity index (χ4v) is 10.3. The first kappa shape index (κ1) is 20.4. The van der Waals surface area contributed by atoms with Crippen molar-refractivity contribution in [2.45, 2.75) is 22.6 Å². The van der Waals surface area contributed by atoms with Gasteiger partial charge in [-0.25, -0.2) is 0 Å². The van der Waals surface area contributed by atoms with Crippen LogP contribution in [0.5, 0.6) is 0 Å². The van der Waals surface area contributed by atoms with Crippen molar-refractivity contribution in [3.63, 3.8) is 0 Å². The van der Waals surface area contributed by atoms with Crippen LogP contribution in [0, 0.1) is 33.5 Å². The Bertz CT molecular complexity index is 1360. The number of aromatic amines is 1. The molecule has 33 heavy (non-hydrogen) atoms. The van der Waals surface area contributed by atoms with Crippen LogP contribution in [0.4, 0.5) is 5.69 Å². The van der Waals surface area contributed by atoms with Crippen molar-refractivity contribution < 1.29 is 9.59 Å². The van der Waals surface area contributed by atoms with E-state index in [1.807, 2.05) is 24.0 Å². The second kappa shape index (κ2) is 7.25. The van der Waals surface area contributed by atoms with E-state index in [1.165, 1.54) is 9.78 Å². The zero-order valence-electron chi connectivity index (χ0n) is 17.2. The maximum Gasteiger partial charge on any atom is 0.238 e. The number of aromatic nitrogens is 2. The number of nitrogens with one attached hydrogen (secondary N) is 1. The standard InChI is InChI=1S/C24H18ClN3O2S3/c25-11-3-5-12(6-4-11)28-22(29)17-13-8-14(18(17)23(28)30)19-16(13)15(10-2-1-7-26-9-10)20-21(32-19)27-24(31)33-20/h1-7,9,13-19H,8H2,(H,27,31). The van der Waals surface area contributed by atoms with Gasteiger partial charge in [-0.2, -0.15) is 0 Å². The number of rotatable bonds is 2. The fourth-order valence-electron chi connectivity index (χ4n) is 6.79. The highest BCUT2D eigenvalue weighted by atomic mass is 35.5. The van der Waals surface area contributed by atoms with E-state index < -0.39 is 0 Å². The molecule has 3 fully saturated rings. The number of imide groups is 1. The third kappa shape index (κ3) is 2.78. The SMILES string of the molecule is O=C1C2C3CC(C2C(=O)N1c1ccc(Cl)cc1)C1C(c2cccnc2)c2sc(=S)[nH]c2SC31. The maximum atomic E-state index is 13.7. The van der Waals surface area contributed by atoms with Gasteiger partial charge in [0.15, 0.2) is 3.95 Å². The summed E-state index contributed by atoms with van der Waals surface area (Å²) in [6.45, 7) is 0. The molecule has 7 unspecified atom stereocenters. The van der Waals surface area contributed by atoms with E-state index in [-0.39, 0.29) is 52.6 Å². The average molecular weight is 512 g/mol. The molecule has 2 bridgehead atoms. The first-order valence-corrected chi connectivity index (χ1v) is 13.4. The number of thioether (sulfide) groups is 1. The first-order valence-electron chi connectivity index (χ1n) is 11.0. The van der Waals surface area contributed by atoms with Gasteiger partial charge in [0.2, 0.25) is 11.8 Å². The predicted octanol–water partition coefficient (Wildman–Crippen LogP) is 5.53. The van der Waals surface area contributed by atoms with Crippen LogP contribution in [-0.4, -0.2) is 27.0 Å². The van der Waals surface area contributed by atoms with Crippen molar-refractivity contribution in [3.05, 3.63) is 68.2 Å². The van der Waals surface area contributed by atoms with Crippen LogP contribution in [0.3, 0.4) is 0 Å². The lowest BCUT2D eigenvalue weighted by atomic mass is 9.68. The molecule has 9 heteroatoms. The number of thiazole rings is 1. The molecule has 5 nitrogen and oxygen atoms in total. The zero-order chi connectivity index (χ0) is 22.4. The molecule has 1 N–H and O–H groups in total. The van der Waals surface area contributed by atoms with Gasteiger partial charge in [-0.05, 0) is 72.3 Å². The molecule has 0 radical (unpaired) electrons. The molecule has 2 saturated carbocycles. The van der Waals surface area contributed by atoms with Crippen LogP contribution in [0.25, 0.3) is 0 Å². The Morgan fingerprint density at radius 3 is 2.58 bits per heavy atom. The number of pyridine rings is 1. The van der Waals surface area contributed by atoms with Crippen molar-refractivity contribution in [2.75, 3.05) is 4.90 Å². The zero-order valence-corrected chi connectivity index (χ0v) is 20.4. The van der Waals surface area contributed by atoms with Gasteiger partial charge in [0.1, 0.15) is 0 Å². The molecule has 0 spiro atoms. The van der Waals surface area contributed by atoms with Gasteiger partial charge in [0.05, 0.1) is 22.5 Å². The Kier molecular flexibility index (Phi) is 4.48. The summed E-state index contributed by atoms with van der Waals surface area (Å²) in [6.07, 6.45) is 4.66. The fraction of sp³-hybridized carbons (Fsp3) is 0.333. The lowest BCUT2D eigenvalue weighted by Gasteiger charge is -2.42. The highest BCUT2D eigenvalue weighted by Gasteiger charge is 2.69. The van der Waals surface area contributed by atoms with Gasteiger partial charge in [0, 0.05) is 33.5 Å². The molecule has 4 heterocycles. The lowest BCUT2D eigenvalue weighted by Crippen LogP contribution is -2.42. The average Bonchev–Trinajstić information content (AvgIpc) is 3.54. The second-order valence-corrected chi connectivity index (χ2v) is 12.6. The minimum atomic E-state index is -0.257. The molecule has 4 aliphatic rings. The van der Waals surface area contributed by atoms with Crippen molar-refractivity contribution in [2.24, 2.45) is 29.6 Å². The van der Waals surface area contributed by atoms with E-state index in [1.54, 1.807) is 41.8 Å². The number of hydrogen-bond acceptors (Lipinski definition) is 6. The maximum absolute atomic E-state index is 13.7. The van der Waals surface area contributed by atoms with Crippen molar-refractivity contribution in [1.82, 2.24) is 9.97 Å². The first-order chi connectivity index (χ1) is 16.0. The molecule has 7 atom stereocenters. The van der Waals surface area contributed by atoms with Gasteiger partial charge in [-0.1, -0.05) is 17.7 Å². The van der Waals surface area contributed by atoms with Gasteiger partial charge >= 0.3 is 0 Å². The Hall–Kier alpha value is -2.00. The van der Waals surface area contributed by atoms with Crippen LogP contribution in [0.15, 0.2) is 53.8 Å². The third-order valence-corrected chi connectivity index (χ3v) is 11.0. The second-order valence-electron chi connectivity index (χ2n) is 9.24. The number of hydrogen-bond donors (Lipinski definition) is 1. The van der Waals surface area contributed by atoms with E-state index in [0.717, 1.165) is 21.0 Å². The normalized spacial score (nSPS) is 33.8. The smallest absolute Gasteiger partial charge is 0.238 e. The number of H-pyrrole nitrogens is 1. The summed E-state index contributed by atoms with van der Waals surface area (Å²) in [4.78, 5) is 37.7. The summed E-state index contributed by atoms with van der Waals surface area (Å²) < 4.78 is 0.773. The van der Waals surface area contributed by atoms with Crippen LogP contribution in [0.1, 0.15) is 22.8 Å². The number of anilines is 1. The summed E-state index contributed by atoms with van der Waals surface area (Å²) in [6, 6.07) is 11.1. The Labute approximate surface area is 208 Å². The number of fused-ring (bicyclic) bond motifs is 9. The van der Waals surface area contributed by atoms with E-state index in [4.69, 9.17) is 23.8 Å². The highest BCUT2D eigenvalue weighted by Crippen LogP contribution is 2.68. The van der Waals surface area contributed by atoms with Crippen LogP contribution in [0.2, 0.25) is 5.02 Å². The number of halogens is 1.